The van der Waals surface area contributed by atoms with Crippen molar-refractivity contribution in [3.63, 3.8) is 0 Å². The summed E-state index contributed by atoms with van der Waals surface area (Å²) in [6, 6.07) is 0. The van der Waals surface area contributed by atoms with Crippen LogP contribution in [0, 0.1) is 10.1 Å². The van der Waals surface area contributed by atoms with E-state index in [0.717, 1.165) is 19.3 Å². The van der Waals surface area contributed by atoms with E-state index in [1.54, 1.807) is 6.08 Å². The number of allylic oxidation sites excluding steroid dienone is 9. The highest BCUT2D eigenvalue weighted by Crippen LogP contribution is 2.07. The highest BCUT2D eigenvalue weighted by molar-refractivity contribution is 5.50. The smallest absolute Gasteiger partial charge is 0.246 e. The van der Waals surface area contributed by atoms with E-state index < -0.39 is 0 Å². The molecule has 0 aliphatic carbocycles. The van der Waals surface area contributed by atoms with E-state index in [2.05, 4.69) is 19.1 Å². The number of hydrogen-bond donors (Lipinski definition) is 0. The molecule has 1 radical (unpaired) electrons. The van der Waals surface area contributed by atoms with Gasteiger partial charge in [0.05, 0.1) is 11.3 Å². The summed E-state index contributed by atoms with van der Waals surface area (Å²) in [7, 11) is 0. The third kappa shape index (κ3) is 16.6. The topological polar surface area (TPSA) is 60.2 Å². The molecule has 0 aromatic carbocycles. The molecule has 4 heteroatoms. The Balaban J connectivity index is 4.05. The first-order valence-corrected chi connectivity index (χ1v) is 9.50. The van der Waals surface area contributed by atoms with Gasteiger partial charge in [-0.2, -0.15) is 0 Å². The van der Waals surface area contributed by atoms with Crippen LogP contribution < -0.4 is 0 Å². The summed E-state index contributed by atoms with van der Waals surface area (Å²) in [4.78, 5) is 20.8. The minimum absolute atomic E-state index is 0.231. The maximum Gasteiger partial charge on any atom is 0.246 e. The Morgan fingerprint density at radius 1 is 0.885 bits per heavy atom. The van der Waals surface area contributed by atoms with Crippen LogP contribution in [0.15, 0.2) is 60.4 Å². The van der Waals surface area contributed by atoms with Crippen LogP contribution in [0.1, 0.15) is 71.1 Å². The van der Waals surface area contributed by atoms with Gasteiger partial charge in [0.25, 0.3) is 0 Å². The van der Waals surface area contributed by atoms with E-state index in [-0.39, 0.29) is 10.6 Å². The molecule has 0 saturated heterocycles. The van der Waals surface area contributed by atoms with Gasteiger partial charge in [-0.1, -0.05) is 68.4 Å². The van der Waals surface area contributed by atoms with Crippen LogP contribution in [0.4, 0.5) is 0 Å². The number of unbranched alkanes of at least 4 members (excludes halogenated alkanes) is 4. The van der Waals surface area contributed by atoms with Crippen molar-refractivity contribution in [1.29, 1.82) is 0 Å². The number of nitrogens with zero attached hydrogens (tertiary/aromatic N) is 1. The zero-order valence-electron chi connectivity index (χ0n) is 15.9. The van der Waals surface area contributed by atoms with Crippen molar-refractivity contribution >= 4 is 6.29 Å². The molecule has 0 spiro atoms. The Labute approximate surface area is 158 Å². The van der Waals surface area contributed by atoms with Gasteiger partial charge in [0, 0.05) is 6.42 Å². The van der Waals surface area contributed by atoms with Crippen LogP contribution in [0.25, 0.3) is 0 Å². The Bertz CT molecular complexity index is 513. The largest absolute Gasteiger partial charge is 0.291 e. The Morgan fingerprint density at radius 3 is 2.15 bits per heavy atom. The van der Waals surface area contributed by atoms with Crippen molar-refractivity contribution in [2.45, 2.75) is 71.1 Å². The second-order valence-corrected chi connectivity index (χ2v) is 5.93. The fourth-order valence-corrected chi connectivity index (χ4v) is 2.17. The summed E-state index contributed by atoms with van der Waals surface area (Å²) >= 11 is 0. The molecule has 0 rings (SSSR count). The van der Waals surface area contributed by atoms with Gasteiger partial charge in [0.1, 0.15) is 0 Å². The molecule has 0 bridgehead atoms. The lowest BCUT2D eigenvalue weighted by Gasteiger charge is -1.93. The van der Waals surface area contributed by atoms with Gasteiger partial charge in [-0.3, -0.25) is 14.9 Å². The zero-order valence-corrected chi connectivity index (χ0v) is 15.9. The fourth-order valence-electron chi connectivity index (χ4n) is 2.17. The van der Waals surface area contributed by atoms with E-state index in [9.17, 15) is 14.9 Å². The first-order valence-electron chi connectivity index (χ1n) is 9.50. The predicted octanol–water partition coefficient (Wildman–Crippen LogP) is 6.40. The predicted molar refractivity (Wildman–Crippen MR) is 109 cm³/mol. The molecule has 0 aromatic heterocycles. The van der Waals surface area contributed by atoms with Crippen molar-refractivity contribution < 1.29 is 9.72 Å². The number of nitro groups is 1. The lowest BCUT2D eigenvalue weighted by atomic mass is 10.2. The van der Waals surface area contributed by atoms with Crippen molar-refractivity contribution in [2.75, 3.05) is 0 Å². The minimum atomic E-state index is -0.311. The molecule has 4 nitrogen and oxygen atoms in total. The Morgan fingerprint density at radius 2 is 1.50 bits per heavy atom. The SMILES string of the molecule is CCCCC/C=C\C/C=C\C/C(=C\C/C=C\C/C=C\CC[C]=O)[N+](=O)[O-]. The summed E-state index contributed by atoms with van der Waals surface area (Å²) in [5.41, 5.74) is 0.231. The van der Waals surface area contributed by atoms with Gasteiger partial charge in [0.15, 0.2) is 6.29 Å². The zero-order chi connectivity index (χ0) is 19.3. The molecular formula is C22H32NO3. The molecule has 0 saturated carbocycles. The number of hydrogen-bond acceptors (Lipinski definition) is 3. The van der Waals surface area contributed by atoms with E-state index in [1.165, 1.54) is 19.3 Å². The minimum Gasteiger partial charge on any atom is -0.291 e. The monoisotopic (exact) mass is 358 g/mol. The van der Waals surface area contributed by atoms with E-state index in [0.29, 0.717) is 25.7 Å². The molecule has 0 aliphatic heterocycles. The highest BCUT2D eigenvalue weighted by atomic mass is 16.6. The standard InChI is InChI=1S/C22H32NO3/c1-2-3-4-5-6-7-10-13-16-19-22(23(25)26)20-17-14-11-8-9-12-15-18-21-24/h6-7,9,11-14,16,20H,2-5,8,10,15,17-19H2,1H3/b7-6-,12-9-,14-11-,16-13-,22-20+. The molecule has 0 unspecified atom stereocenters. The van der Waals surface area contributed by atoms with Gasteiger partial charge >= 0.3 is 0 Å². The average molecular weight is 359 g/mol. The van der Waals surface area contributed by atoms with Gasteiger partial charge in [-0.15, -0.1) is 0 Å². The second kappa shape index (κ2) is 19.1. The van der Waals surface area contributed by atoms with Crippen molar-refractivity contribution in [2.24, 2.45) is 0 Å². The first-order chi connectivity index (χ1) is 12.7. The van der Waals surface area contributed by atoms with E-state index in [1.807, 2.05) is 42.7 Å². The van der Waals surface area contributed by atoms with Crippen LogP contribution in [0.5, 0.6) is 0 Å². The quantitative estimate of drug-likeness (QED) is 0.139. The van der Waals surface area contributed by atoms with Gasteiger partial charge < -0.3 is 0 Å². The fraction of sp³-hybridized carbons (Fsp3) is 0.500. The molecular weight excluding hydrogens is 326 g/mol. The maximum absolute atomic E-state index is 11.1. The van der Waals surface area contributed by atoms with Crippen molar-refractivity contribution in [1.82, 2.24) is 0 Å². The average Bonchev–Trinajstić information content (AvgIpc) is 2.63. The lowest BCUT2D eigenvalue weighted by Crippen LogP contribution is -1.97. The summed E-state index contributed by atoms with van der Waals surface area (Å²) in [5, 5.41) is 11.1. The molecule has 0 aliphatic rings. The Kier molecular flexibility index (Phi) is 17.5. The first kappa shape index (κ1) is 23.8. The van der Waals surface area contributed by atoms with E-state index >= 15 is 0 Å². The van der Waals surface area contributed by atoms with E-state index in [4.69, 9.17) is 0 Å². The van der Waals surface area contributed by atoms with Crippen molar-refractivity contribution in [3.05, 3.63) is 70.5 Å². The molecule has 0 atom stereocenters. The molecule has 26 heavy (non-hydrogen) atoms. The number of carbonyl (C=O) groups excluding carboxylic acids is 1. The summed E-state index contributed by atoms with van der Waals surface area (Å²) in [6.45, 7) is 2.19. The second-order valence-electron chi connectivity index (χ2n) is 5.93. The lowest BCUT2D eigenvalue weighted by molar-refractivity contribution is -0.427. The molecule has 0 heterocycles. The highest BCUT2D eigenvalue weighted by Gasteiger charge is 2.06. The van der Waals surface area contributed by atoms with Crippen molar-refractivity contribution in [3.8, 4) is 0 Å². The van der Waals surface area contributed by atoms with Crippen LogP contribution >= 0.6 is 0 Å². The molecule has 0 aromatic rings. The summed E-state index contributed by atoms with van der Waals surface area (Å²) < 4.78 is 0. The summed E-state index contributed by atoms with van der Waals surface area (Å²) in [6.07, 6.45) is 27.9. The molecule has 143 valence electrons. The number of rotatable bonds is 16. The van der Waals surface area contributed by atoms with Gasteiger partial charge in [-0.05, 0) is 44.6 Å². The third-order valence-corrected chi connectivity index (χ3v) is 3.65. The molecule has 0 N–H and O–H groups in total. The van der Waals surface area contributed by atoms with Gasteiger partial charge in [-0.25, -0.2) is 0 Å². The van der Waals surface area contributed by atoms with Crippen LogP contribution in [0.2, 0.25) is 0 Å². The van der Waals surface area contributed by atoms with Crippen LogP contribution in [0.3, 0.4) is 0 Å². The van der Waals surface area contributed by atoms with Crippen LogP contribution in [-0.4, -0.2) is 11.2 Å². The molecule has 0 fully saturated rings. The third-order valence-electron chi connectivity index (χ3n) is 3.65. The Hall–Kier alpha value is -2.23. The normalized spacial score (nSPS) is 12.9. The van der Waals surface area contributed by atoms with Crippen LogP contribution in [-0.2, 0) is 4.79 Å². The van der Waals surface area contributed by atoms with Gasteiger partial charge in [0.2, 0.25) is 5.70 Å². The maximum atomic E-state index is 11.1. The molecule has 0 amide bonds. The summed E-state index contributed by atoms with van der Waals surface area (Å²) in [5.74, 6) is 0.